The third-order valence-corrected chi connectivity index (χ3v) is 4.36. The van der Waals surface area contributed by atoms with E-state index < -0.39 is 17.4 Å². The maximum Gasteiger partial charge on any atom is 0.333 e. The summed E-state index contributed by atoms with van der Waals surface area (Å²) in [5.74, 6) is -2.04. The number of ether oxygens (including phenoxy) is 2. The number of carboxylic acids is 1. The lowest BCUT2D eigenvalue weighted by molar-refractivity contribution is -0.171. The molecule has 24 heavy (non-hydrogen) atoms. The first-order chi connectivity index (χ1) is 11.4. The van der Waals surface area contributed by atoms with Crippen molar-refractivity contribution in [3.05, 3.63) is 12.2 Å². The number of aliphatic carboxylic acids is 1. The van der Waals surface area contributed by atoms with Crippen LogP contribution in [0.1, 0.15) is 64.7 Å². The fourth-order valence-corrected chi connectivity index (χ4v) is 2.81. The molecule has 0 aromatic rings. The number of carbonyl (C=O) groups is 3. The number of esters is 2. The molecule has 0 aromatic heterocycles. The van der Waals surface area contributed by atoms with Crippen molar-refractivity contribution < 1.29 is 29.0 Å². The Balaban J connectivity index is 2.16. The Bertz CT molecular complexity index is 462. The Morgan fingerprint density at radius 2 is 1.50 bits per heavy atom. The van der Waals surface area contributed by atoms with Crippen molar-refractivity contribution in [2.75, 3.05) is 13.2 Å². The van der Waals surface area contributed by atoms with Crippen LogP contribution >= 0.6 is 0 Å². The predicted molar refractivity (Wildman–Crippen MR) is 88.4 cm³/mol. The van der Waals surface area contributed by atoms with E-state index in [4.69, 9.17) is 9.47 Å². The van der Waals surface area contributed by atoms with Crippen LogP contribution in [0.2, 0.25) is 0 Å². The lowest BCUT2D eigenvalue weighted by Crippen LogP contribution is -2.42. The Morgan fingerprint density at radius 3 is 2.00 bits per heavy atom. The van der Waals surface area contributed by atoms with E-state index in [-0.39, 0.29) is 12.6 Å². The van der Waals surface area contributed by atoms with E-state index in [0.717, 1.165) is 38.5 Å². The van der Waals surface area contributed by atoms with Crippen molar-refractivity contribution in [3.63, 3.8) is 0 Å². The molecule has 136 valence electrons. The fourth-order valence-electron chi connectivity index (χ4n) is 2.81. The van der Waals surface area contributed by atoms with Gasteiger partial charge in [-0.25, -0.2) is 4.79 Å². The van der Waals surface area contributed by atoms with E-state index in [0.29, 0.717) is 31.4 Å². The second-order valence-electron chi connectivity index (χ2n) is 6.41. The zero-order valence-corrected chi connectivity index (χ0v) is 14.5. The van der Waals surface area contributed by atoms with Gasteiger partial charge in [0.05, 0.1) is 13.2 Å². The molecule has 0 bridgehead atoms. The third-order valence-electron chi connectivity index (χ3n) is 4.36. The summed E-state index contributed by atoms with van der Waals surface area (Å²) in [4.78, 5) is 34.8. The Hall–Kier alpha value is -1.85. The lowest BCUT2D eigenvalue weighted by atomic mass is 9.74. The van der Waals surface area contributed by atoms with Crippen molar-refractivity contribution in [2.45, 2.75) is 64.7 Å². The van der Waals surface area contributed by atoms with Gasteiger partial charge in [0.15, 0.2) is 5.41 Å². The topological polar surface area (TPSA) is 89.9 Å². The quantitative estimate of drug-likeness (QED) is 0.284. The van der Waals surface area contributed by atoms with Gasteiger partial charge in [-0.3, -0.25) is 9.59 Å². The predicted octanol–water partition coefficient (Wildman–Crippen LogP) is 3.24. The van der Waals surface area contributed by atoms with E-state index in [1.807, 2.05) is 0 Å². The molecule has 0 heterocycles. The van der Waals surface area contributed by atoms with Gasteiger partial charge in [-0.15, -0.1) is 0 Å². The van der Waals surface area contributed by atoms with Crippen molar-refractivity contribution in [2.24, 2.45) is 5.41 Å². The van der Waals surface area contributed by atoms with Crippen LogP contribution < -0.4 is 0 Å². The van der Waals surface area contributed by atoms with Gasteiger partial charge in [0.1, 0.15) is 0 Å². The Labute approximate surface area is 143 Å². The molecule has 0 aromatic carbocycles. The van der Waals surface area contributed by atoms with Crippen LogP contribution in [0.15, 0.2) is 12.2 Å². The third kappa shape index (κ3) is 5.98. The van der Waals surface area contributed by atoms with E-state index >= 15 is 0 Å². The van der Waals surface area contributed by atoms with Gasteiger partial charge in [0.25, 0.3) is 0 Å². The molecule has 1 aliphatic carbocycles. The van der Waals surface area contributed by atoms with Gasteiger partial charge in [-0.2, -0.15) is 0 Å². The minimum atomic E-state index is -1.34. The van der Waals surface area contributed by atoms with Crippen LogP contribution in [-0.2, 0) is 23.9 Å². The molecule has 0 spiro atoms. The molecule has 0 unspecified atom stereocenters. The van der Waals surface area contributed by atoms with Gasteiger partial charge in [-0.05, 0) is 45.4 Å². The Morgan fingerprint density at radius 1 is 0.958 bits per heavy atom. The van der Waals surface area contributed by atoms with E-state index in [1.54, 1.807) is 6.92 Å². The monoisotopic (exact) mass is 340 g/mol. The molecule has 1 aliphatic rings. The minimum Gasteiger partial charge on any atom is -0.480 e. The van der Waals surface area contributed by atoms with E-state index in [2.05, 4.69) is 6.58 Å². The van der Waals surface area contributed by atoms with Crippen molar-refractivity contribution in [1.82, 2.24) is 0 Å². The molecule has 1 rings (SSSR count). The number of carbonyl (C=O) groups excluding carboxylic acids is 2. The van der Waals surface area contributed by atoms with Crippen molar-refractivity contribution >= 4 is 17.9 Å². The number of hydrogen-bond donors (Lipinski definition) is 1. The smallest absolute Gasteiger partial charge is 0.333 e. The highest BCUT2D eigenvalue weighted by Gasteiger charge is 2.48. The first-order valence-corrected chi connectivity index (χ1v) is 8.63. The second-order valence-corrected chi connectivity index (χ2v) is 6.41. The summed E-state index contributed by atoms with van der Waals surface area (Å²) in [5, 5.41) is 9.39. The van der Waals surface area contributed by atoms with Crippen LogP contribution in [0.3, 0.4) is 0 Å². The van der Waals surface area contributed by atoms with Gasteiger partial charge in [0, 0.05) is 5.57 Å². The molecule has 6 nitrogen and oxygen atoms in total. The molecule has 0 atom stereocenters. The first kappa shape index (κ1) is 20.2. The van der Waals surface area contributed by atoms with Crippen LogP contribution in [-0.4, -0.2) is 36.2 Å². The molecule has 0 radical (unpaired) electrons. The van der Waals surface area contributed by atoms with Gasteiger partial charge in [0.2, 0.25) is 0 Å². The SMILES string of the molecule is C=C(C)C(=O)OCCCCCCOC(=O)C1(C(=O)O)CCCCC1. The highest BCUT2D eigenvalue weighted by molar-refractivity contribution is 5.99. The van der Waals surface area contributed by atoms with Crippen LogP contribution in [0.5, 0.6) is 0 Å². The molecular formula is C18H28O6. The fraction of sp³-hybridized carbons (Fsp3) is 0.722. The molecule has 0 amide bonds. The van der Waals surface area contributed by atoms with E-state index in [1.165, 1.54) is 0 Å². The van der Waals surface area contributed by atoms with Gasteiger partial charge in [-0.1, -0.05) is 25.8 Å². The lowest BCUT2D eigenvalue weighted by Gasteiger charge is -2.30. The molecule has 1 N–H and O–H groups in total. The summed E-state index contributed by atoms with van der Waals surface area (Å²) < 4.78 is 10.2. The minimum absolute atomic E-state index is 0.236. The largest absolute Gasteiger partial charge is 0.480 e. The van der Waals surface area contributed by atoms with Crippen LogP contribution in [0, 0.1) is 5.41 Å². The summed E-state index contributed by atoms with van der Waals surface area (Å²) in [7, 11) is 0. The molecule has 0 saturated heterocycles. The molecule has 0 aliphatic heterocycles. The second kappa shape index (κ2) is 10.1. The summed E-state index contributed by atoms with van der Waals surface area (Å²) in [5.41, 5.74) is -0.952. The van der Waals surface area contributed by atoms with E-state index in [9.17, 15) is 19.5 Å². The number of carboxylic acid groups (broad SMARTS) is 1. The zero-order chi connectivity index (χ0) is 18.0. The summed E-state index contributed by atoms with van der Waals surface area (Å²) in [6.45, 7) is 5.70. The summed E-state index contributed by atoms with van der Waals surface area (Å²) >= 11 is 0. The highest BCUT2D eigenvalue weighted by atomic mass is 16.5. The van der Waals surface area contributed by atoms with Gasteiger partial charge >= 0.3 is 17.9 Å². The maximum absolute atomic E-state index is 12.2. The zero-order valence-electron chi connectivity index (χ0n) is 14.5. The molecular weight excluding hydrogens is 312 g/mol. The highest BCUT2D eigenvalue weighted by Crippen LogP contribution is 2.37. The molecule has 1 fully saturated rings. The standard InChI is InChI=1S/C18H28O6/c1-14(2)15(19)23-12-8-3-4-9-13-24-17(22)18(16(20)21)10-6-5-7-11-18/h1,3-13H2,2H3,(H,20,21). The van der Waals surface area contributed by atoms with Gasteiger partial charge < -0.3 is 14.6 Å². The number of unbranched alkanes of at least 4 members (excludes halogenated alkanes) is 3. The normalized spacial score (nSPS) is 16.2. The molecule has 6 heteroatoms. The van der Waals surface area contributed by atoms with Crippen molar-refractivity contribution in [3.8, 4) is 0 Å². The average Bonchev–Trinajstić information content (AvgIpc) is 2.57. The maximum atomic E-state index is 12.2. The van der Waals surface area contributed by atoms with Crippen molar-refractivity contribution in [1.29, 1.82) is 0 Å². The molecule has 1 saturated carbocycles. The van der Waals surface area contributed by atoms with Crippen LogP contribution in [0.25, 0.3) is 0 Å². The first-order valence-electron chi connectivity index (χ1n) is 8.63. The number of hydrogen-bond acceptors (Lipinski definition) is 5. The summed E-state index contributed by atoms with van der Waals surface area (Å²) in [6, 6.07) is 0. The summed E-state index contributed by atoms with van der Waals surface area (Å²) in [6.07, 6.45) is 6.32. The average molecular weight is 340 g/mol. The van der Waals surface area contributed by atoms with Crippen LogP contribution in [0.4, 0.5) is 0 Å². The Kier molecular flexibility index (Phi) is 8.50. The number of rotatable bonds is 10.